The summed E-state index contributed by atoms with van der Waals surface area (Å²) in [5.41, 5.74) is 21.1. The molecule has 7 aromatic rings. The quantitative estimate of drug-likeness (QED) is 0.154. The molecule has 5 heterocycles. The average Bonchev–Trinajstić information content (AvgIpc) is 4.13. The van der Waals surface area contributed by atoms with Gasteiger partial charge in [0.25, 0.3) is 0 Å². The zero-order valence-electron chi connectivity index (χ0n) is 47.3. The molecule has 0 unspecified atom stereocenters. The molecule has 0 amide bonds. The van der Waals surface area contributed by atoms with Crippen LogP contribution in [0.4, 0.5) is 0 Å². The van der Waals surface area contributed by atoms with E-state index in [4.69, 9.17) is 9.97 Å². The van der Waals surface area contributed by atoms with E-state index in [1.807, 2.05) is 6.07 Å². The van der Waals surface area contributed by atoms with Crippen molar-refractivity contribution in [3.8, 4) is 50.3 Å². The van der Waals surface area contributed by atoms with Crippen LogP contribution in [0.5, 0.6) is 5.75 Å². The molecule has 5 nitrogen and oxygen atoms in total. The van der Waals surface area contributed by atoms with E-state index in [1.54, 1.807) is 0 Å². The van der Waals surface area contributed by atoms with Gasteiger partial charge in [-0.25, -0.2) is 9.97 Å². The fourth-order valence-electron chi connectivity index (χ4n) is 10.0. The van der Waals surface area contributed by atoms with Crippen LogP contribution in [0.15, 0.2) is 97.1 Å². The van der Waals surface area contributed by atoms with Crippen LogP contribution in [0.25, 0.3) is 90.9 Å². The number of nitrogens with one attached hydrogen (secondary N) is 2. The average molecular weight is 1090 g/mol. The Morgan fingerprint density at radius 1 is 0.338 bits per heavy atom. The van der Waals surface area contributed by atoms with Crippen molar-refractivity contribution in [1.82, 2.24) is 19.9 Å². The van der Waals surface area contributed by atoms with Gasteiger partial charge in [0.15, 0.2) is 0 Å². The van der Waals surface area contributed by atoms with Gasteiger partial charge >= 0.3 is 0 Å². The Labute approximate surface area is 455 Å². The maximum Gasteiger partial charge on any atom is 0.141 e. The third kappa shape index (κ3) is 10.5. The van der Waals surface area contributed by atoms with Gasteiger partial charge in [-0.1, -0.05) is 191 Å². The topological polar surface area (TPSA) is 77.6 Å². The minimum atomic E-state index is -0.150. The first kappa shape index (κ1) is 52.9. The van der Waals surface area contributed by atoms with E-state index in [9.17, 15) is 5.11 Å². The molecule has 2 aliphatic heterocycles. The summed E-state index contributed by atoms with van der Waals surface area (Å²) in [6, 6.07) is 36.1. The second-order valence-electron chi connectivity index (χ2n) is 27.1. The Bertz CT molecular complexity index is 3510. The normalized spacial score (nSPS) is 13.6. The maximum absolute atomic E-state index is 12.7. The van der Waals surface area contributed by atoms with Crippen LogP contribution in [0.2, 0.25) is 0 Å². The molecule has 6 heteroatoms. The van der Waals surface area contributed by atoms with Gasteiger partial charge in [-0.05, 0) is 159 Å². The monoisotopic (exact) mass is 1090 g/mol. The van der Waals surface area contributed by atoms with Crippen LogP contribution >= 0.6 is 22.6 Å². The molecule has 0 aliphatic carbocycles. The number of hydrogen-bond donors (Lipinski definition) is 3. The third-order valence-electron chi connectivity index (χ3n) is 14.8. The summed E-state index contributed by atoms with van der Waals surface area (Å²) in [4.78, 5) is 19.3. The lowest BCUT2D eigenvalue weighted by Crippen LogP contribution is -2.16. The summed E-state index contributed by atoms with van der Waals surface area (Å²) in [5.74, 6) is 0.144. The molecule has 4 aromatic carbocycles. The molecular weight excluding hydrogens is 1020 g/mol. The fraction of sp³-hybridized carbons (Fsp3) is 0.353. The van der Waals surface area contributed by atoms with Crippen LogP contribution in [-0.2, 0) is 32.5 Å². The Morgan fingerprint density at radius 3 is 0.973 bits per heavy atom. The number of H-pyrrole nitrogens is 2. The zero-order chi connectivity index (χ0) is 53.8. The molecule has 3 N–H and O–H groups in total. The van der Waals surface area contributed by atoms with Gasteiger partial charge < -0.3 is 15.1 Å². The van der Waals surface area contributed by atoms with Crippen molar-refractivity contribution in [2.75, 3.05) is 0 Å². The number of aromatic amines is 2. The molecule has 0 saturated heterocycles. The van der Waals surface area contributed by atoms with Crippen molar-refractivity contribution < 1.29 is 5.11 Å². The Hall–Kier alpha value is -5.99. The fourth-order valence-corrected chi connectivity index (χ4v) is 10.4. The number of benzene rings is 4. The first-order valence-electron chi connectivity index (χ1n) is 26.4. The summed E-state index contributed by atoms with van der Waals surface area (Å²) >= 11 is 2.38. The summed E-state index contributed by atoms with van der Waals surface area (Å²) in [6.07, 6.45) is 8.62. The molecule has 0 spiro atoms. The van der Waals surface area contributed by atoms with Crippen molar-refractivity contribution in [3.05, 3.63) is 157 Å². The van der Waals surface area contributed by atoms with Crippen molar-refractivity contribution in [1.29, 1.82) is 0 Å². The molecule has 0 saturated carbocycles. The lowest BCUT2D eigenvalue weighted by molar-refractivity contribution is 0.482. The van der Waals surface area contributed by atoms with Crippen LogP contribution in [-0.4, -0.2) is 25.0 Å². The first-order valence-corrected chi connectivity index (χ1v) is 27.5. The van der Waals surface area contributed by atoms with Gasteiger partial charge in [-0.15, -0.1) is 0 Å². The number of halogens is 1. The van der Waals surface area contributed by atoms with E-state index < -0.39 is 0 Å². The molecule has 382 valence electrons. The molecule has 0 radical (unpaired) electrons. The van der Waals surface area contributed by atoms with E-state index >= 15 is 0 Å². The van der Waals surface area contributed by atoms with Crippen molar-refractivity contribution in [2.24, 2.45) is 0 Å². The van der Waals surface area contributed by atoms with E-state index in [1.165, 1.54) is 33.4 Å². The summed E-state index contributed by atoms with van der Waals surface area (Å²) in [7, 11) is 0. The zero-order valence-corrected chi connectivity index (χ0v) is 49.4. The highest BCUT2D eigenvalue weighted by molar-refractivity contribution is 14.1. The Balaban J connectivity index is 1.55. The van der Waals surface area contributed by atoms with Crippen LogP contribution < -0.4 is 0 Å². The van der Waals surface area contributed by atoms with E-state index in [-0.39, 0.29) is 38.2 Å². The molecule has 3 aromatic heterocycles. The number of hydrogen-bond acceptors (Lipinski definition) is 3. The third-order valence-corrected chi connectivity index (χ3v) is 15.6. The Kier molecular flexibility index (Phi) is 13.1. The second-order valence-corrected chi connectivity index (χ2v) is 28.3. The Morgan fingerprint density at radius 2 is 0.635 bits per heavy atom. The second kappa shape index (κ2) is 18.4. The van der Waals surface area contributed by atoms with Crippen LogP contribution in [0.1, 0.15) is 181 Å². The predicted molar refractivity (Wildman–Crippen MR) is 327 cm³/mol. The molecular formula is C68H77IN4O. The number of rotatable bonds is 4. The van der Waals surface area contributed by atoms with E-state index in [2.05, 4.69) is 272 Å². The number of fused-ring (bicyclic) bond motifs is 8. The number of aromatic nitrogens is 4. The van der Waals surface area contributed by atoms with Crippen molar-refractivity contribution >= 4 is 69.0 Å². The highest BCUT2D eigenvalue weighted by atomic mass is 127. The smallest absolute Gasteiger partial charge is 0.141 e. The number of aromatic hydroxyl groups is 1. The molecule has 9 rings (SSSR count). The van der Waals surface area contributed by atoms with Gasteiger partial charge in [0.2, 0.25) is 0 Å². The number of nitrogens with zero attached hydrogens (tertiary/aromatic N) is 2. The summed E-state index contributed by atoms with van der Waals surface area (Å²) in [6.45, 7) is 41.1. The van der Waals surface area contributed by atoms with E-state index in [0.29, 0.717) is 5.52 Å². The standard InChI is InChI=1S/C68H77IN4O/c1-63(2,3)43-29-40(30-44(35-43)64(4,5)6)59-52-24-23-50(70-52)58(39-19-21-49(69)22-20-39)51-27-28-55(72-51)61(42-33-47(67(13,14)15)37-48(34-42)68(16,17)18)62-57(74)38-56(73-62)60(54-26-25-53(59)71-54)41-31-45(65(7,8)9)36-46(32-41)66(10,11)12/h19-38,70,73-74H,1-18H3. The van der Waals surface area contributed by atoms with Gasteiger partial charge in [0, 0.05) is 42.9 Å². The minimum Gasteiger partial charge on any atom is -0.506 e. The molecule has 0 fully saturated rings. The largest absolute Gasteiger partial charge is 0.506 e. The lowest BCUT2D eigenvalue weighted by Gasteiger charge is -2.26. The highest BCUT2D eigenvalue weighted by Crippen LogP contribution is 2.45. The van der Waals surface area contributed by atoms with Gasteiger partial charge in [0.1, 0.15) is 5.75 Å². The predicted octanol–water partition coefficient (Wildman–Crippen LogP) is 19.4. The minimum absolute atomic E-state index is 0.108. The molecule has 0 atom stereocenters. The highest BCUT2D eigenvalue weighted by Gasteiger charge is 2.28. The molecule has 8 bridgehead atoms. The lowest BCUT2D eigenvalue weighted by atomic mass is 9.78. The van der Waals surface area contributed by atoms with Crippen molar-refractivity contribution in [2.45, 2.75) is 157 Å². The van der Waals surface area contributed by atoms with Gasteiger partial charge in [-0.2, -0.15) is 0 Å². The SMILES string of the molecule is CC(C)(C)c1cc(-c2c3nc(c(-c4cc(C(C)(C)C)cc(C(C)(C)C)c4)c4cc(O)c([nH]4)c(-c4cc(C(C)(C)C)cc(C(C)(C)C)c4)c4nc(c(-c5ccc(I)cc5)c5ccc2[nH]5)C=C4)C=C3)cc(C(C)(C)C)c1. The molecule has 2 aliphatic rings. The van der Waals surface area contributed by atoms with Gasteiger partial charge in [-0.3, -0.25) is 0 Å². The van der Waals surface area contributed by atoms with Gasteiger partial charge in [0.05, 0.1) is 33.8 Å². The van der Waals surface area contributed by atoms with Crippen LogP contribution in [0.3, 0.4) is 0 Å². The molecule has 74 heavy (non-hydrogen) atoms. The summed E-state index contributed by atoms with van der Waals surface area (Å²) < 4.78 is 1.16. The van der Waals surface area contributed by atoms with Crippen LogP contribution in [0, 0.1) is 3.57 Å². The maximum atomic E-state index is 12.7. The summed E-state index contributed by atoms with van der Waals surface area (Å²) in [5, 5.41) is 12.7. The van der Waals surface area contributed by atoms with Crippen molar-refractivity contribution in [3.63, 3.8) is 0 Å². The van der Waals surface area contributed by atoms with E-state index in [0.717, 1.165) is 87.4 Å². The first-order chi connectivity index (χ1) is 34.2.